The van der Waals surface area contributed by atoms with E-state index < -0.39 is 6.04 Å². The van der Waals surface area contributed by atoms with Crippen LogP contribution >= 0.6 is 0 Å². The number of ether oxygens (including phenoxy) is 1. The van der Waals surface area contributed by atoms with Gasteiger partial charge in [-0.15, -0.1) is 0 Å². The molecule has 3 N–H and O–H groups in total. The summed E-state index contributed by atoms with van der Waals surface area (Å²) in [5, 5.41) is 8.86. The first-order valence-electron chi connectivity index (χ1n) is 11.6. The number of carbonyl (C=O) groups is 3. The molecule has 1 unspecified atom stereocenters. The summed E-state index contributed by atoms with van der Waals surface area (Å²) >= 11 is 0. The van der Waals surface area contributed by atoms with Crippen molar-refractivity contribution in [3.05, 3.63) is 83.2 Å². The average Bonchev–Trinajstić information content (AvgIpc) is 2.89. The van der Waals surface area contributed by atoms with Crippen molar-refractivity contribution in [1.82, 2.24) is 15.6 Å². The fourth-order valence-electron chi connectivity index (χ4n) is 4.22. The van der Waals surface area contributed by atoms with Gasteiger partial charge in [0, 0.05) is 31.0 Å². The Morgan fingerprint density at radius 2 is 1.89 bits per heavy atom. The van der Waals surface area contributed by atoms with Gasteiger partial charge in [-0.05, 0) is 53.8 Å². The number of hydrogen-bond donors (Lipinski definition) is 3. The fourth-order valence-corrected chi connectivity index (χ4v) is 4.22. The summed E-state index contributed by atoms with van der Waals surface area (Å²) in [6.45, 7) is 2.78. The van der Waals surface area contributed by atoms with Crippen LogP contribution in [-0.2, 0) is 27.2 Å². The van der Waals surface area contributed by atoms with Crippen LogP contribution in [-0.4, -0.2) is 43.0 Å². The first-order valence-corrected chi connectivity index (χ1v) is 11.6. The van der Waals surface area contributed by atoms with Gasteiger partial charge in [-0.1, -0.05) is 36.4 Å². The van der Waals surface area contributed by atoms with Crippen molar-refractivity contribution in [2.45, 2.75) is 25.8 Å². The lowest BCUT2D eigenvalue weighted by atomic mass is 9.87. The highest BCUT2D eigenvalue weighted by Gasteiger charge is 2.28. The molecule has 0 aliphatic carbocycles. The van der Waals surface area contributed by atoms with E-state index in [0.29, 0.717) is 24.5 Å². The van der Waals surface area contributed by atoms with Gasteiger partial charge >= 0.3 is 5.97 Å². The molecule has 4 rings (SSSR count). The smallest absolute Gasteiger partial charge is 0.310 e. The quantitative estimate of drug-likeness (QED) is 0.456. The molecule has 180 valence electrons. The molecule has 2 heterocycles. The van der Waals surface area contributed by atoms with Crippen LogP contribution in [0.15, 0.2) is 60.8 Å². The van der Waals surface area contributed by atoms with Crippen molar-refractivity contribution < 1.29 is 19.1 Å². The summed E-state index contributed by atoms with van der Waals surface area (Å²) in [5.74, 6) is -0.669. The molecule has 0 radical (unpaired) electrons. The van der Waals surface area contributed by atoms with E-state index >= 15 is 0 Å². The Labute approximate surface area is 204 Å². The molecule has 3 aromatic rings. The molecule has 0 bridgehead atoms. The molecule has 8 nitrogen and oxygen atoms in total. The number of hydrogen-bond acceptors (Lipinski definition) is 6. The van der Waals surface area contributed by atoms with Gasteiger partial charge in [0.05, 0.1) is 13.0 Å². The molecule has 2 aromatic carbocycles. The van der Waals surface area contributed by atoms with Gasteiger partial charge in [-0.25, -0.2) is 0 Å². The Morgan fingerprint density at radius 1 is 1.09 bits per heavy atom. The molecule has 0 saturated carbocycles. The van der Waals surface area contributed by atoms with Crippen molar-refractivity contribution in [3.63, 3.8) is 0 Å². The van der Waals surface area contributed by atoms with Gasteiger partial charge in [0.1, 0.15) is 11.7 Å². The monoisotopic (exact) mass is 472 g/mol. The minimum atomic E-state index is -0.504. The lowest BCUT2D eigenvalue weighted by molar-refractivity contribution is -0.142. The molecular weight excluding hydrogens is 444 g/mol. The third-order valence-electron chi connectivity index (χ3n) is 5.92. The number of esters is 1. The van der Waals surface area contributed by atoms with Gasteiger partial charge in [0.25, 0.3) is 5.91 Å². The van der Waals surface area contributed by atoms with E-state index in [1.54, 1.807) is 38.4 Å². The Balaban J connectivity index is 1.51. The minimum Gasteiger partial charge on any atom is -0.466 e. The van der Waals surface area contributed by atoms with Crippen LogP contribution in [0.4, 0.5) is 5.69 Å². The number of rotatable bonds is 7. The van der Waals surface area contributed by atoms with Crippen molar-refractivity contribution in [2.75, 3.05) is 25.5 Å². The normalized spacial score (nSPS) is 14.5. The highest BCUT2D eigenvalue weighted by atomic mass is 16.5. The van der Waals surface area contributed by atoms with E-state index in [1.807, 2.05) is 36.4 Å². The van der Waals surface area contributed by atoms with Crippen LogP contribution in [0.2, 0.25) is 0 Å². The van der Waals surface area contributed by atoms with Crippen LogP contribution in [0.1, 0.15) is 40.1 Å². The summed E-state index contributed by atoms with van der Waals surface area (Å²) in [5.41, 5.74) is 5.73. The van der Waals surface area contributed by atoms with Crippen molar-refractivity contribution in [2.24, 2.45) is 0 Å². The van der Waals surface area contributed by atoms with Gasteiger partial charge in [0.15, 0.2) is 0 Å². The predicted molar refractivity (Wildman–Crippen MR) is 133 cm³/mol. The molecule has 35 heavy (non-hydrogen) atoms. The van der Waals surface area contributed by atoms with Crippen molar-refractivity contribution >= 4 is 23.5 Å². The summed E-state index contributed by atoms with van der Waals surface area (Å²) in [4.78, 5) is 40.9. The Morgan fingerprint density at radius 3 is 2.57 bits per heavy atom. The molecule has 1 atom stereocenters. The van der Waals surface area contributed by atoms with Crippen LogP contribution in [0.5, 0.6) is 0 Å². The Kier molecular flexibility index (Phi) is 7.52. The molecule has 1 aliphatic heterocycles. The zero-order chi connectivity index (χ0) is 24.8. The van der Waals surface area contributed by atoms with Crippen LogP contribution in [0, 0.1) is 0 Å². The van der Waals surface area contributed by atoms with Crippen LogP contribution in [0.3, 0.4) is 0 Å². The average molecular weight is 473 g/mol. The maximum atomic E-state index is 13.2. The number of nitrogens with one attached hydrogen (secondary N) is 3. The van der Waals surface area contributed by atoms with Crippen molar-refractivity contribution in [3.8, 4) is 11.1 Å². The van der Waals surface area contributed by atoms with E-state index in [9.17, 15) is 14.4 Å². The highest BCUT2D eigenvalue weighted by molar-refractivity contribution is 5.96. The van der Waals surface area contributed by atoms with E-state index in [-0.39, 0.29) is 24.2 Å². The van der Waals surface area contributed by atoms with E-state index in [1.165, 1.54) is 0 Å². The maximum Gasteiger partial charge on any atom is 0.310 e. The number of fused-ring (bicyclic) bond motifs is 1. The molecule has 1 aromatic heterocycles. The standard InChI is InChI=1S/C27H28N4O4/c1-3-35-24(32)15-17-7-10-19(11-8-17)31-27(34)25-22-6-4-5-20(21(22)13-14-29-25)18-9-12-23(30-16-18)26(33)28-2/h4-12,16,25,29H,3,13-15H2,1-2H3,(H,28,33)(H,31,34). The van der Waals surface area contributed by atoms with E-state index in [2.05, 4.69) is 20.9 Å². The number of pyridine rings is 1. The maximum absolute atomic E-state index is 13.2. The van der Waals surface area contributed by atoms with Gasteiger partial charge in [-0.2, -0.15) is 0 Å². The van der Waals surface area contributed by atoms with Crippen molar-refractivity contribution in [1.29, 1.82) is 0 Å². The SMILES string of the molecule is CCOC(=O)Cc1ccc(NC(=O)C2NCCc3c(-c4ccc(C(=O)NC)nc4)cccc32)cc1. The van der Waals surface area contributed by atoms with Gasteiger partial charge < -0.3 is 20.7 Å². The number of anilines is 1. The third kappa shape index (κ3) is 5.55. The van der Waals surface area contributed by atoms with Gasteiger partial charge in [-0.3, -0.25) is 19.4 Å². The summed E-state index contributed by atoms with van der Waals surface area (Å²) < 4.78 is 4.98. The minimum absolute atomic E-state index is 0.158. The fraction of sp³-hybridized carbons (Fsp3) is 0.259. The first kappa shape index (κ1) is 24.1. The highest BCUT2D eigenvalue weighted by Crippen LogP contribution is 2.32. The predicted octanol–water partition coefficient (Wildman–Crippen LogP) is 3.04. The molecule has 0 saturated heterocycles. The lowest BCUT2D eigenvalue weighted by Crippen LogP contribution is -2.38. The first-order chi connectivity index (χ1) is 17.0. The number of amides is 2. The number of nitrogens with zero attached hydrogens (tertiary/aromatic N) is 1. The molecule has 2 amide bonds. The molecule has 1 aliphatic rings. The second-order valence-electron chi connectivity index (χ2n) is 8.19. The zero-order valence-electron chi connectivity index (χ0n) is 19.8. The lowest BCUT2D eigenvalue weighted by Gasteiger charge is -2.28. The Bertz CT molecular complexity index is 1220. The number of carbonyl (C=O) groups excluding carboxylic acids is 3. The molecule has 0 fully saturated rings. The van der Waals surface area contributed by atoms with Crippen LogP contribution < -0.4 is 16.0 Å². The zero-order valence-corrected chi connectivity index (χ0v) is 19.8. The molecular formula is C27H28N4O4. The van der Waals surface area contributed by atoms with Gasteiger partial charge in [0.2, 0.25) is 5.91 Å². The van der Waals surface area contributed by atoms with E-state index in [0.717, 1.165) is 34.2 Å². The second kappa shape index (κ2) is 10.9. The third-order valence-corrected chi connectivity index (χ3v) is 5.92. The van der Waals surface area contributed by atoms with Crippen LogP contribution in [0.25, 0.3) is 11.1 Å². The topological polar surface area (TPSA) is 109 Å². The second-order valence-corrected chi connectivity index (χ2v) is 8.19. The summed E-state index contributed by atoms with van der Waals surface area (Å²) in [6.07, 6.45) is 2.66. The number of benzene rings is 2. The Hall–Kier alpha value is -4.04. The molecule has 0 spiro atoms. The van der Waals surface area contributed by atoms with E-state index in [4.69, 9.17) is 4.74 Å². The molecule has 8 heteroatoms. The summed E-state index contributed by atoms with van der Waals surface area (Å²) in [7, 11) is 1.57. The number of aromatic nitrogens is 1. The largest absolute Gasteiger partial charge is 0.466 e. The summed E-state index contributed by atoms with van der Waals surface area (Å²) in [6, 6.07) is 16.2.